The number of amides is 2. The topological polar surface area (TPSA) is 82.5 Å². The Morgan fingerprint density at radius 2 is 2.04 bits per heavy atom. The second-order valence-corrected chi connectivity index (χ2v) is 7.83. The van der Waals surface area contributed by atoms with Crippen LogP contribution in [0.3, 0.4) is 0 Å². The van der Waals surface area contributed by atoms with Crippen molar-refractivity contribution < 1.29 is 14.7 Å². The van der Waals surface area contributed by atoms with Gasteiger partial charge in [0.1, 0.15) is 0 Å². The molecule has 2 amide bonds. The second-order valence-electron chi connectivity index (χ2n) is 6.98. The molecule has 1 aliphatic rings. The van der Waals surface area contributed by atoms with Crippen molar-refractivity contribution >= 4 is 23.3 Å². The average molecular weight is 339 g/mol. The van der Waals surface area contributed by atoms with E-state index in [1.165, 1.54) is 0 Å². The van der Waals surface area contributed by atoms with Crippen LogP contribution in [0.1, 0.15) is 44.3 Å². The van der Waals surface area contributed by atoms with Crippen LogP contribution < -0.4 is 5.32 Å². The molecule has 0 spiro atoms. The number of nitrogens with one attached hydrogen (secondary N) is 1. The number of rotatable bonds is 4. The van der Waals surface area contributed by atoms with E-state index in [4.69, 9.17) is 5.11 Å². The van der Waals surface area contributed by atoms with E-state index in [0.29, 0.717) is 38.9 Å². The van der Waals surface area contributed by atoms with E-state index in [0.717, 1.165) is 10.7 Å². The number of nitrogens with zero attached hydrogens (tertiary/aromatic N) is 2. The van der Waals surface area contributed by atoms with Gasteiger partial charge in [-0.25, -0.2) is 9.78 Å². The highest BCUT2D eigenvalue weighted by Gasteiger charge is 2.26. The fraction of sp³-hybridized carbons (Fsp3) is 0.688. The lowest BCUT2D eigenvalue weighted by Gasteiger charge is -2.30. The maximum atomic E-state index is 12.1. The Morgan fingerprint density at radius 1 is 1.39 bits per heavy atom. The molecule has 0 saturated carbocycles. The SMILES string of the molecule is CC(C)(C)c1nc(CCNC(=O)N2CCC(C(=O)O)CC2)cs1. The summed E-state index contributed by atoms with van der Waals surface area (Å²) in [4.78, 5) is 29.3. The van der Waals surface area contributed by atoms with Crippen molar-refractivity contribution in [2.75, 3.05) is 19.6 Å². The molecule has 1 aliphatic heterocycles. The molecule has 2 rings (SSSR count). The number of piperidine rings is 1. The molecule has 0 atom stereocenters. The molecular formula is C16H25N3O3S. The van der Waals surface area contributed by atoms with Crippen LogP contribution in [0, 0.1) is 5.92 Å². The predicted molar refractivity (Wildman–Crippen MR) is 89.8 cm³/mol. The van der Waals surface area contributed by atoms with Crippen LogP contribution in [0.25, 0.3) is 0 Å². The van der Waals surface area contributed by atoms with Crippen molar-refractivity contribution in [3.8, 4) is 0 Å². The average Bonchev–Trinajstić information content (AvgIpc) is 2.96. The first-order valence-electron chi connectivity index (χ1n) is 7.98. The summed E-state index contributed by atoms with van der Waals surface area (Å²) in [5, 5.41) is 15.0. The highest BCUT2D eigenvalue weighted by atomic mass is 32.1. The first-order valence-corrected chi connectivity index (χ1v) is 8.86. The Labute approximate surface area is 140 Å². The van der Waals surface area contributed by atoms with Crippen molar-refractivity contribution in [2.45, 2.75) is 45.4 Å². The van der Waals surface area contributed by atoms with E-state index in [1.54, 1.807) is 16.2 Å². The molecular weight excluding hydrogens is 314 g/mol. The summed E-state index contributed by atoms with van der Waals surface area (Å²) in [6.45, 7) is 7.97. The monoisotopic (exact) mass is 339 g/mol. The van der Waals surface area contributed by atoms with Gasteiger partial charge in [-0.3, -0.25) is 4.79 Å². The summed E-state index contributed by atoms with van der Waals surface area (Å²) in [5.74, 6) is -1.08. The van der Waals surface area contributed by atoms with Gasteiger partial charge < -0.3 is 15.3 Å². The lowest BCUT2D eigenvalue weighted by molar-refractivity contribution is -0.143. The third-order valence-corrected chi connectivity index (χ3v) is 5.30. The van der Waals surface area contributed by atoms with Crippen LogP contribution in [0.2, 0.25) is 0 Å². The predicted octanol–water partition coefficient (Wildman–Crippen LogP) is 2.49. The summed E-state index contributed by atoms with van der Waals surface area (Å²) in [5.41, 5.74) is 1.06. The maximum Gasteiger partial charge on any atom is 0.317 e. The number of thiazole rings is 1. The number of hydrogen-bond donors (Lipinski definition) is 2. The van der Waals surface area contributed by atoms with E-state index >= 15 is 0 Å². The zero-order valence-electron chi connectivity index (χ0n) is 14.0. The molecule has 2 heterocycles. The van der Waals surface area contributed by atoms with Crippen molar-refractivity contribution in [1.29, 1.82) is 0 Å². The third-order valence-electron chi connectivity index (χ3n) is 3.98. The van der Waals surface area contributed by atoms with Crippen molar-refractivity contribution in [1.82, 2.24) is 15.2 Å². The fourth-order valence-corrected chi connectivity index (χ4v) is 3.45. The molecule has 23 heavy (non-hydrogen) atoms. The molecule has 7 heteroatoms. The first-order chi connectivity index (χ1) is 10.8. The Bertz CT molecular complexity index is 557. The molecule has 0 aromatic carbocycles. The van der Waals surface area contributed by atoms with Crippen LogP contribution in [0.15, 0.2) is 5.38 Å². The molecule has 0 aliphatic carbocycles. The first kappa shape index (κ1) is 17.7. The van der Waals surface area contributed by atoms with Gasteiger partial charge in [0.2, 0.25) is 0 Å². The van der Waals surface area contributed by atoms with Gasteiger partial charge in [-0.2, -0.15) is 0 Å². The van der Waals surface area contributed by atoms with Crippen LogP contribution >= 0.6 is 11.3 Å². The second kappa shape index (κ2) is 7.29. The van der Waals surface area contributed by atoms with Gasteiger partial charge in [0.25, 0.3) is 0 Å². The number of carboxylic acids is 1. The molecule has 1 aromatic heterocycles. The molecule has 0 radical (unpaired) electrons. The quantitative estimate of drug-likeness (QED) is 0.883. The molecule has 0 bridgehead atoms. The van der Waals surface area contributed by atoms with Gasteiger partial charge in [0.15, 0.2) is 0 Å². The third kappa shape index (κ3) is 4.92. The molecule has 1 fully saturated rings. The van der Waals surface area contributed by atoms with Crippen molar-refractivity contribution in [3.63, 3.8) is 0 Å². The van der Waals surface area contributed by atoms with E-state index in [1.807, 2.05) is 5.38 Å². The Kier molecular flexibility index (Phi) is 5.62. The summed E-state index contributed by atoms with van der Waals surface area (Å²) in [6, 6.07) is -0.111. The van der Waals surface area contributed by atoms with Gasteiger partial charge in [-0.05, 0) is 12.8 Å². The van der Waals surface area contributed by atoms with Gasteiger partial charge in [0.05, 0.1) is 16.6 Å². The van der Waals surface area contributed by atoms with E-state index in [9.17, 15) is 9.59 Å². The number of aromatic nitrogens is 1. The minimum Gasteiger partial charge on any atom is -0.481 e. The number of carbonyl (C=O) groups is 2. The van der Waals surface area contributed by atoms with E-state index in [2.05, 4.69) is 31.1 Å². The van der Waals surface area contributed by atoms with Crippen molar-refractivity contribution in [3.05, 3.63) is 16.1 Å². The van der Waals surface area contributed by atoms with Crippen LogP contribution in [-0.4, -0.2) is 46.6 Å². The van der Waals surface area contributed by atoms with E-state index < -0.39 is 5.97 Å². The number of carbonyl (C=O) groups excluding carboxylic acids is 1. The largest absolute Gasteiger partial charge is 0.481 e. The maximum absolute atomic E-state index is 12.1. The highest BCUT2D eigenvalue weighted by molar-refractivity contribution is 7.09. The minimum atomic E-state index is -0.761. The standard InChI is InChI=1S/C16H25N3O3S/c1-16(2,3)14-18-12(10-23-14)4-7-17-15(22)19-8-5-11(6-9-19)13(20)21/h10-11H,4-9H2,1-3H3,(H,17,22)(H,20,21). The molecule has 1 saturated heterocycles. The Hall–Kier alpha value is -1.63. The molecule has 0 unspecified atom stereocenters. The Morgan fingerprint density at radius 3 is 2.57 bits per heavy atom. The fourth-order valence-electron chi connectivity index (χ4n) is 2.51. The summed E-state index contributed by atoms with van der Waals surface area (Å²) >= 11 is 1.66. The van der Waals surface area contributed by atoms with Crippen LogP contribution in [0.5, 0.6) is 0 Å². The minimum absolute atomic E-state index is 0.0562. The zero-order chi connectivity index (χ0) is 17.0. The number of carboxylic acid groups (broad SMARTS) is 1. The van der Waals surface area contributed by atoms with Crippen LogP contribution in [0.4, 0.5) is 4.79 Å². The highest BCUT2D eigenvalue weighted by Crippen LogP contribution is 2.25. The lowest BCUT2D eigenvalue weighted by atomic mass is 9.97. The molecule has 128 valence electrons. The number of hydrogen-bond acceptors (Lipinski definition) is 4. The summed E-state index contributed by atoms with van der Waals surface area (Å²) in [6.07, 6.45) is 1.78. The van der Waals surface area contributed by atoms with Gasteiger partial charge >= 0.3 is 12.0 Å². The Balaban J connectivity index is 1.73. The molecule has 1 aromatic rings. The van der Waals surface area contributed by atoms with Crippen LogP contribution in [-0.2, 0) is 16.6 Å². The van der Waals surface area contributed by atoms with Gasteiger partial charge in [-0.1, -0.05) is 20.8 Å². The number of likely N-dealkylation sites (tertiary alicyclic amines) is 1. The summed E-state index contributed by atoms with van der Waals surface area (Å²) < 4.78 is 0. The normalized spacial score (nSPS) is 16.4. The van der Waals surface area contributed by atoms with Gasteiger partial charge in [-0.15, -0.1) is 11.3 Å². The van der Waals surface area contributed by atoms with Crippen molar-refractivity contribution in [2.24, 2.45) is 5.92 Å². The number of aliphatic carboxylic acids is 1. The zero-order valence-corrected chi connectivity index (χ0v) is 14.8. The lowest BCUT2D eigenvalue weighted by Crippen LogP contribution is -2.45. The number of urea groups is 1. The van der Waals surface area contributed by atoms with Gasteiger partial charge in [0, 0.05) is 36.9 Å². The molecule has 6 nitrogen and oxygen atoms in total. The summed E-state index contributed by atoms with van der Waals surface area (Å²) in [7, 11) is 0. The molecule has 2 N–H and O–H groups in total. The van der Waals surface area contributed by atoms with E-state index in [-0.39, 0.29) is 17.4 Å². The smallest absolute Gasteiger partial charge is 0.317 e.